The average Bonchev–Trinajstić information content (AvgIpc) is 2.85. The van der Waals surface area contributed by atoms with Crippen LogP contribution in [0.1, 0.15) is 6.92 Å². The third-order valence-corrected chi connectivity index (χ3v) is 5.14. The molecule has 0 radical (unpaired) electrons. The highest BCUT2D eigenvalue weighted by molar-refractivity contribution is 7.89. The molecule has 2 heterocycles. The zero-order valence-electron chi connectivity index (χ0n) is 10.4. The summed E-state index contributed by atoms with van der Waals surface area (Å²) in [6.45, 7) is 1.51. The highest BCUT2D eigenvalue weighted by atomic mass is 32.2. The number of nitrogens with two attached hydrogens (primary N) is 1. The number of sulfonamides is 1. The summed E-state index contributed by atoms with van der Waals surface area (Å²) in [4.78, 5) is 4.62. The van der Waals surface area contributed by atoms with E-state index >= 15 is 0 Å². The molecule has 0 aliphatic rings. The van der Waals surface area contributed by atoms with Crippen molar-refractivity contribution in [2.45, 2.75) is 18.1 Å². The maximum Gasteiger partial charge on any atom is 0.262 e. The van der Waals surface area contributed by atoms with E-state index in [1.165, 1.54) is 29.7 Å². The first kappa shape index (κ1) is 14.2. The van der Waals surface area contributed by atoms with Crippen molar-refractivity contribution in [3.8, 4) is 0 Å². The minimum atomic E-state index is -3.79. The van der Waals surface area contributed by atoms with E-state index in [4.69, 9.17) is 5.84 Å². The maximum atomic E-state index is 12.5. The molecule has 1 unspecified atom stereocenters. The number of likely N-dealkylation sites (N-methyl/N-ethyl adjacent to an activating group) is 1. The predicted molar refractivity (Wildman–Crippen MR) is 72.4 cm³/mol. The molecule has 0 bridgehead atoms. The number of anilines is 1. The largest absolute Gasteiger partial charge is 0.392 e. The fourth-order valence-electron chi connectivity index (χ4n) is 1.72. The van der Waals surface area contributed by atoms with Crippen molar-refractivity contribution in [2.24, 2.45) is 5.84 Å². The van der Waals surface area contributed by atoms with Crippen LogP contribution in [0, 0.1) is 0 Å². The number of thiazole rings is 1. The second kappa shape index (κ2) is 5.06. The van der Waals surface area contributed by atoms with Gasteiger partial charge in [0.15, 0.2) is 10.8 Å². The zero-order valence-corrected chi connectivity index (χ0v) is 12.1. The summed E-state index contributed by atoms with van der Waals surface area (Å²) in [5.41, 5.74) is 2.29. The van der Waals surface area contributed by atoms with Crippen LogP contribution in [0.3, 0.4) is 0 Å². The molecule has 0 fully saturated rings. The molecular weight excluding hydrogens is 290 g/mol. The molecule has 2 aromatic rings. The summed E-state index contributed by atoms with van der Waals surface area (Å²) in [7, 11) is -2.40. The fraction of sp³-hybridized carbons (Fsp3) is 0.444. The van der Waals surface area contributed by atoms with Gasteiger partial charge in [-0.1, -0.05) is 0 Å². The highest BCUT2D eigenvalue weighted by Crippen LogP contribution is 2.27. The molecule has 0 spiro atoms. The Kier molecular flexibility index (Phi) is 3.78. The van der Waals surface area contributed by atoms with E-state index in [0.717, 1.165) is 4.31 Å². The molecule has 0 aliphatic heterocycles. The van der Waals surface area contributed by atoms with E-state index in [1.807, 2.05) is 0 Å². The van der Waals surface area contributed by atoms with Crippen LogP contribution in [0.25, 0.3) is 4.96 Å². The number of nitrogen functional groups attached to an aromatic ring is 1. The smallest absolute Gasteiger partial charge is 0.262 e. The van der Waals surface area contributed by atoms with Gasteiger partial charge in [0, 0.05) is 25.2 Å². The number of nitrogens with one attached hydrogen (secondary N) is 1. The van der Waals surface area contributed by atoms with Crippen LogP contribution < -0.4 is 11.3 Å². The van der Waals surface area contributed by atoms with Crippen LogP contribution in [-0.4, -0.2) is 46.9 Å². The third-order valence-electron chi connectivity index (χ3n) is 2.53. The standard InChI is InChI=1S/C9H15N5O3S2/c1-6(15)5-13(2)19(16,17)8-7(12-10)11-9-14(8)3-4-18-9/h3-4,6,12,15H,5,10H2,1-2H3. The summed E-state index contributed by atoms with van der Waals surface area (Å²) in [5.74, 6) is 5.41. The van der Waals surface area contributed by atoms with Crippen LogP contribution in [0.4, 0.5) is 5.82 Å². The molecule has 0 aromatic carbocycles. The lowest BCUT2D eigenvalue weighted by Gasteiger charge is -2.18. The summed E-state index contributed by atoms with van der Waals surface area (Å²) < 4.78 is 27.5. The van der Waals surface area contributed by atoms with Crippen molar-refractivity contribution in [3.05, 3.63) is 11.6 Å². The number of aliphatic hydroxyl groups excluding tert-OH is 1. The van der Waals surface area contributed by atoms with Crippen molar-refractivity contribution < 1.29 is 13.5 Å². The molecule has 19 heavy (non-hydrogen) atoms. The second-order valence-electron chi connectivity index (χ2n) is 4.10. The first-order valence-corrected chi connectivity index (χ1v) is 7.76. The molecule has 0 aliphatic carbocycles. The van der Waals surface area contributed by atoms with Crippen LogP contribution in [0.5, 0.6) is 0 Å². The Morgan fingerprint density at radius 1 is 1.68 bits per heavy atom. The van der Waals surface area contributed by atoms with Crippen LogP contribution in [0.15, 0.2) is 16.6 Å². The SMILES string of the molecule is CC(O)CN(C)S(=O)(=O)c1c(NN)nc2sccn12. The quantitative estimate of drug-likeness (QED) is 0.515. The summed E-state index contributed by atoms with van der Waals surface area (Å²) in [5, 5.41) is 11.0. The van der Waals surface area contributed by atoms with Gasteiger partial charge in [-0.05, 0) is 6.92 Å². The van der Waals surface area contributed by atoms with Gasteiger partial charge in [0.1, 0.15) is 0 Å². The van der Waals surface area contributed by atoms with Gasteiger partial charge in [0.2, 0.25) is 5.03 Å². The van der Waals surface area contributed by atoms with E-state index in [-0.39, 0.29) is 17.4 Å². The Morgan fingerprint density at radius 3 is 2.95 bits per heavy atom. The molecule has 8 nitrogen and oxygen atoms in total. The number of aliphatic hydroxyl groups is 1. The minimum Gasteiger partial charge on any atom is -0.392 e. The van der Waals surface area contributed by atoms with Crippen LogP contribution in [-0.2, 0) is 10.0 Å². The topological polar surface area (TPSA) is 113 Å². The summed E-state index contributed by atoms with van der Waals surface area (Å²) in [6.07, 6.45) is 0.844. The van der Waals surface area contributed by atoms with Gasteiger partial charge < -0.3 is 10.5 Å². The third kappa shape index (κ3) is 2.44. The van der Waals surface area contributed by atoms with Gasteiger partial charge >= 0.3 is 0 Å². The Bertz CT molecular complexity index is 675. The molecule has 2 aromatic heterocycles. The molecule has 10 heteroatoms. The first-order chi connectivity index (χ1) is 8.87. The minimum absolute atomic E-state index is 0.0102. The van der Waals surface area contributed by atoms with Gasteiger partial charge in [-0.15, -0.1) is 11.3 Å². The molecule has 4 N–H and O–H groups in total. The molecular formula is C9H15N5O3S2. The highest BCUT2D eigenvalue weighted by Gasteiger charge is 2.30. The van der Waals surface area contributed by atoms with Gasteiger partial charge in [0.05, 0.1) is 6.10 Å². The second-order valence-corrected chi connectivity index (χ2v) is 6.93. The van der Waals surface area contributed by atoms with E-state index in [1.54, 1.807) is 11.6 Å². The average molecular weight is 305 g/mol. The van der Waals surface area contributed by atoms with E-state index in [0.29, 0.717) is 4.96 Å². The number of fused-ring (bicyclic) bond motifs is 1. The van der Waals surface area contributed by atoms with Crippen molar-refractivity contribution in [1.29, 1.82) is 0 Å². The molecule has 0 saturated carbocycles. The summed E-state index contributed by atoms with van der Waals surface area (Å²) in [6, 6.07) is 0. The number of aromatic nitrogens is 2. The normalized spacial score (nSPS) is 14.2. The van der Waals surface area contributed by atoms with Crippen molar-refractivity contribution in [2.75, 3.05) is 19.0 Å². The van der Waals surface area contributed by atoms with Gasteiger partial charge in [-0.2, -0.15) is 9.29 Å². The molecule has 0 saturated heterocycles. The van der Waals surface area contributed by atoms with Crippen molar-refractivity contribution in [1.82, 2.24) is 13.7 Å². The number of hydrogen-bond acceptors (Lipinski definition) is 7. The van der Waals surface area contributed by atoms with E-state index in [9.17, 15) is 13.5 Å². The van der Waals surface area contributed by atoms with E-state index < -0.39 is 16.1 Å². The number of hydrazine groups is 1. The van der Waals surface area contributed by atoms with Crippen molar-refractivity contribution >= 4 is 32.1 Å². The lowest BCUT2D eigenvalue weighted by atomic mass is 10.4. The Morgan fingerprint density at radius 2 is 2.37 bits per heavy atom. The number of imidazole rings is 1. The number of rotatable bonds is 5. The Balaban J connectivity index is 2.55. The van der Waals surface area contributed by atoms with Crippen molar-refractivity contribution in [3.63, 3.8) is 0 Å². The molecule has 2 rings (SSSR count). The van der Waals surface area contributed by atoms with Crippen LogP contribution >= 0.6 is 11.3 Å². The van der Waals surface area contributed by atoms with Gasteiger partial charge in [-0.25, -0.2) is 14.3 Å². The fourth-order valence-corrected chi connectivity index (χ4v) is 3.95. The van der Waals surface area contributed by atoms with Crippen LogP contribution in [0.2, 0.25) is 0 Å². The Labute approximate surface area is 114 Å². The monoisotopic (exact) mass is 305 g/mol. The number of nitrogens with zero attached hydrogens (tertiary/aromatic N) is 3. The first-order valence-electron chi connectivity index (χ1n) is 5.44. The maximum absolute atomic E-state index is 12.5. The zero-order chi connectivity index (χ0) is 14.2. The van der Waals surface area contributed by atoms with Gasteiger partial charge in [0.25, 0.3) is 10.0 Å². The number of hydrogen-bond donors (Lipinski definition) is 3. The van der Waals surface area contributed by atoms with Gasteiger partial charge in [-0.3, -0.25) is 4.40 Å². The molecule has 0 amide bonds. The molecule has 1 atom stereocenters. The van der Waals surface area contributed by atoms with E-state index in [2.05, 4.69) is 10.4 Å². The predicted octanol–water partition coefficient (Wildman–Crippen LogP) is -0.317. The molecule has 106 valence electrons. The summed E-state index contributed by atoms with van der Waals surface area (Å²) >= 11 is 1.30. The lowest BCUT2D eigenvalue weighted by molar-refractivity contribution is 0.171. The lowest BCUT2D eigenvalue weighted by Crippen LogP contribution is -2.34. The Hall–Kier alpha value is -1.20.